The van der Waals surface area contributed by atoms with Crippen LogP contribution in [0, 0.1) is 5.92 Å². The summed E-state index contributed by atoms with van der Waals surface area (Å²) in [6.07, 6.45) is 1.07. The Hall–Kier alpha value is -2.12. The van der Waals surface area contributed by atoms with E-state index in [0.717, 1.165) is 0 Å². The van der Waals surface area contributed by atoms with Crippen molar-refractivity contribution in [2.24, 2.45) is 11.7 Å². The zero-order valence-electron chi connectivity index (χ0n) is 14.7. The van der Waals surface area contributed by atoms with Gasteiger partial charge in [-0.15, -0.1) is 0 Å². The fraction of sp³-hybridized carbons (Fsp3) is 0.556. The molecule has 0 saturated carbocycles. The maximum atomic E-state index is 12.7. The summed E-state index contributed by atoms with van der Waals surface area (Å²) in [5.41, 5.74) is 4.74. The Morgan fingerprint density at radius 1 is 1.44 bits per heavy atom. The summed E-state index contributed by atoms with van der Waals surface area (Å²) < 4.78 is 10.3. The first kappa shape index (κ1) is 19.2. The number of aliphatic hydroxyl groups is 1. The average molecular weight is 350 g/mol. The van der Waals surface area contributed by atoms with E-state index in [1.807, 2.05) is 6.92 Å². The van der Waals surface area contributed by atoms with Gasteiger partial charge in [0.05, 0.1) is 5.60 Å². The molecule has 0 aliphatic carbocycles. The average Bonchev–Trinajstić information content (AvgIpc) is 2.60. The Balaban J connectivity index is 2.02. The summed E-state index contributed by atoms with van der Waals surface area (Å²) in [4.78, 5) is 25.3. The van der Waals surface area contributed by atoms with E-state index in [1.54, 1.807) is 36.3 Å². The highest BCUT2D eigenvalue weighted by Crippen LogP contribution is 2.31. The number of piperidine rings is 1. The van der Waals surface area contributed by atoms with E-state index in [9.17, 15) is 14.7 Å². The van der Waals surface area contributed by atoms with Gasteiger partial charge in [-0.2, -0.15) is 0 Å². The van der Waals surface area contributed by atoms with E-state index in [4.69, 9.17) is 15.2 Å². The van der Waals surface area contributed by atoms with E-state index in [2.05, 4.69) is 0 Å². The number of hydrogen-bond acceptors (Lipinski definition) is 5. The number of nitrogens with two attached hydrogens (primary N) is 1. The van der Waals surface area contributed by atoms with Gasteiger partial charge in [-0.05, 0) is 31.0 Å². The first-order chi connectivity index (χ1) is 11.9. The van der Waals surface area contributed by atoms with Crippen LogP contribution < -0.4 is 10.5 Å². The standard InChI is InChI=1S/C18H26N2O5/c1-13-11-20(8-6-18(13,23)7-9-24-2)17(22)14-4-3-5-15(10-14)25-12-16(19)21/h3-5,10,13,23H,6-9,11-12H2,1-2H3,(H2,19,21)/t13-,18-/m1/s1. The topological polar surface area (TPSA) is 102 Å². The summed E-state index contributed by atoms with van der Waals surface area (Å²) in [7, 11) is 1.61. The van der Waals surface area contributed by atoms with Crippen molar-refractivity contribution in [3.63, 3.8) is 0 Å². The van der Waals surface area contributed by atoms with Crippen LogP contribution in [0.4, 0.5) is 0 Å². The summed E-state index contributed by atoms with van der Waals surface area (Å²) in [6.45, 7) is 3.17. The smallest absolute Gasteiger partial charge is 0.255 e. The summed E-state index contributed by atoms with van der Waals surface area (Å²) in [5.74, 6) is -0.317. The van der Waals surface area contributed by atoms with Crippen LogP contribution in [0.1, 0.15) is 30.1 Å². The van der Waals surface area contributed by atoms with Crippen molar-refractivity contribution >= 4 is 11.8 Å². The predicted molar refractivity (Wildman–Crippen MR) is 92.3 cm³/mol. The Morgan fingerprint density at radius 2 is 2.20 bits per heavy atom. The van der Waals surface area contributed by atoms with Gasteiger partial charge >= 0.3 is 0 Å². The number of amides is 2. The molecule has 2 rings (SSSR count). The van der Waals surface area contributed by atoms with E-state index in [0.29, 0.717) is 43.9 Å². The van der Waals surface area contributed by atoms with Crippen molar-refractivity contribution in [1.29, 1.82) is 0 Å². The van der Waals surface area contributed by atoms with Crippen LogP contribution in [0.3, 0.4) is 0 Å². The van der Waals surface area contributed by atoms with Crippen molar-refractivity contribution < 1.29 is 24.2 Å². The number of nitrogens with zero attached hydrogens (tertiary/aromatic N) is 1. The lowest BCUT2D eigenvalue weighted by atomic mass is 9.79. The molecule has 25 heavy (non-hydrogen) atoms. The molecule has 138 valence electrons. The minimum absolute atomic E-state index is 0.0466. The molecule has 7 nitrogen and oxygen atoms in total. The molecule has 2 atom stereocenters. The SMILES string of the molecule is COCC[C@]1(O)CCN(C(=O)c2cccc(OCC(N)=O)c2)C[C@H]1C. The predicted octanol–water partition coefficient (Wildman–Crippen LogP) is 0.800. The Morgan fingerprint density at radius 3 is 2.84 bits per heavy atom. The quantitative estimate of drug-likeness (QED) is 0.757. The molecule has 1 heterocycles. The Labute approximate surface area is 147 Å². The fourth-order valence-electron chi connectivity index (χ4n) is 3.06. The molecule has 0 radical (unpaired) electrons. The lowest BCUT2D eigenvalue weighted by molar-refractivity contribution is -0.119. The molecule has 1 fully saturated rings. The van der Waals surface area contributed by atoms with E-state index < -0.39 is 11.5 Å². The minimum Gasteiger partial charge on any atom is -0.484 e. The highest BCUT2D eigenvalue weighted by Gasteiger charge is 2.39. The molecule has 1 aromatic carbocycles. The minimum atomic E-state index is -0.806. The first-order valence-corrected chi connectivity index (χ1v) is 8.37. The molecule has 0 bridgehead atoms. The molecule has 0 unspecified atom stereocenters. The molecule has 1 aromatic rings. The second-order valence-corrected chi connectivity index (χ2v) is 6.53. The van der Waals surface area contributed by atoms with Gasteiger partial charge in [-0.1, -0.05) is 13.0 Å². The number of hydrogen-bond donors (Lipinski definition) is 2. The van der Waals surface area contributed by atoms with Crippen molar-refractivity contribution in [1.82, 2.24) is 4.90 Å². The zero-order valence-corrected chi connectivity index (χ0v) is 14.7. The molecule has 1 aliphatic rings. The number of carbonyl (C=O) groups excluding carboxylic acids is 2. The van der Waals surface area contributed by atoms with Crippen LogP contribution in [0.5, 0.6) is 5.75 Å². The van der Waals surface area contributed by atoms with Crippen LogP contribution in [-0.2, 0) is 9.53 Å². The van der Waals surface area contributed by atoms with Crippen molar-refractivity contribution in [2.45, 2.75) is 25.4 Å². The second-order valence-electron chi connectivity index (χ2n) is 6.53. The number of primary amides is 1. The Bertz CT molecular complexity index is 621. The third-order valence-corrected chi connectivity index (χ3v) is 4.71. The molecule has 2 amide bonds. The van der Waals surface area contributed by atoms with Crippen LogP contribution in [-0.4, -0.2) is 60.8 Å². The van der Waals surface area contributed by atoms with Crippen LogP contribution in [0.15, 0.2) is 24.3 Å². The van der Waals surface area contributed by atoms with Crippen molar-refractivity contribution in [3.8, 4) is 5.75 Å². The third-order valence-electron chi connectivity index (χ3n) is 4.71. The number of rotatable bonds is 7. The summed E-state index contributed by atoms with van der Waals surface area (Å²) in [5, 5.41) is 10.7. The first-order valence-electron chi connectivity index (χ1n) is 8.37. The normalized spacial score (nSPS) is 23.3. The van der Waals surface area contributed by atoms with Gasteiger partial charge in [0.15, 0.2) is 6.61 Å². The molecule has 1 saturated heterocycles. The number of carbonyl (C=O) groups is 2. The van der Waals surface area contributed by atoms with Gasteiger partial charge in [0, 0.05) is 38.3 Å². The maximum absolute atomic E-state index is 12.7. The molecular formula is C18H26N2O5. The van der Waals surface area contributed by atoms with Gasteiger partial charge < -0.3 is 25.2 Å². The molecule has 0 spiro atoms. The van der Waals surface area contributed by atoms with Gasteiger partial charge in [0.2, 0.25) is 0 Å². The molecular weight excluding hydrogens is 324 g/mol. The van der Waals surface area contributed by atoms with Gasteiger partial charge in [0.1, 0.15) is 5.75 Å². The maximum Gasteiger partial charge on any atom is 0.255 e. The summed E-state index contributed by atoms with van der Waals surface area (Å²) in [6, 6.07) is 6.67. The number of likely N-dealkylation sites (tertiary alicyclic amines) is 1. The highest BCUT2D eigenvalue weighted by atomic mass is 16.5. The highest BCUT2D eigenvalue weighted by molar-refractivity contribution is 5.94. The Kier molecular flexibility index (Phi) is 6.39. The van der Waals surface area contributed by atoms with Crippen LogP contribution in [0.25, 0.3) is 0 Å². The zero-order chi connectivity index (χ0) is 18.4. The van der Waals surface area contributed by atoms with Gasteiger partial charge in [-0.3, -0.25) is 9.59 Å². The fourth-order valence-corrected chi connectivity index (χ4v) is 3.06. The largest absolute Gasteiger partial charge is 0.484 e. The summed E-state index contributed by atoms with van der Waals surface area (Å²) >= 11 is 0. The molecule has 3 N–H and O–H groups in total. The molecule has 1 aliphatic heterocycles. The number of ether oxygens (including phenoxy) is 2. The lowest BCUT2D eigenvalue weighted by Gasteiger charge is -2.43. The molecule has 7 heteroatoms. The van der Waals surface area contributed by atoms with Gasteiger partial charge in [0.25, 0.3) is 11.8 Å². The van der Waals surface area contributed by atoms with E-state index in [-0.39, 0.29) is 18.4 Å². The van der Waals surface area contributed by atoms with E-state index >= 15 is 0 Å². The number of methoxy groups -OCH3 is 1. The lowest BCUT2D eigenvalue weighted by Crippen LogP contribution is -2.52. The van der Waals surface area contributed by atoms with Crippen molar-refractivity contribution in [2.75, 3.05) is 33.4 Å². The van der Waals surface area contributed by atoms with Crippen LogP contribution >= 0.6 is 0 Å². The van der Waals surface area contributed by atoms with Crippen molar-refractivity contribution in [3.05, 3.63) is 29.8 Å². The third kappa shape index (κ3) is 4.93. The second kappa shape index (κ2) is 8.31. The van der Waals surface area contributed by atoms with E-state index in [1.165, 1.54) is 0 Å². The van der Waals surface area contributed by atoms with Gasteiger partial charge in [-0.25, -0.2) is 0 Å². The number of benzene rings is 1. The molecule has 0 aromatic heterocycles. The monoisotopic (exact) mass is 350 g/mol. The van der Waals surface area contributed by atoms with Crippen LogP contribution in [0.2, 0.25) is 0 Å².